The van der Waals surface area contributed by atoms with Gasteiger partial charge in [0, 0.05) is 30.9 Å². The van der Waals surface area contributed by atoms with E-state index in [1.165, 1.54) is 5.56 Å². The summed E-state index contributed by atoms with van der Waals surface area (Å²) in [5.74, 6) is 0.458. The van der Waals surface area contributed by atoms with Gasteiger partial charge in [-0.1, -0.05) is 53.7 Å². The molecule has 0 aliphatic rings. The van der Waals surface area contributed by atoms with E-state index in [9.17, 15) is 5.11 Å². The summed E-state index contributed by atoms with van der Waals surface area (Å²) in [5, 5.41) is 29.4. The molecule has 0 radical (unpaired) electrons. The summed E-state index contributed by atoms with van der Waals surface area (Å²) >= 11 is 0. The maximum atomic E-state index is 11.2. The first-order chi connectivity index (χ1) is 13.6. The SMILES string of the molecule is CCC(C)(C)c1cc(CN(CCCCO)CCCCO)cc(C(C)(C)CC)c1O. The Morgan fingerprint density at radius 1 is 0.759 bits per heavy atom. The predicted octanol–water partition coefficient (Wildman–Crippen LogP) is 5.11. The van der Waals surface area contributed by atoms with Crippen LogP contribution in [0.5, 0.6) is 5.75 Å². The first kappa shape index (κ1) is 25.9. The lowest BCUT2D eigenvalue weighted by Crippen LogP contribution is -2.27. The Labute approximate surface area is 179 Å². The molecule has 0 unspecified atom stereocenters. The molecule has 0 bridgehead atoms. The third-order valence-corrected chi connectivity index (χ3v) is 6.57. The highest BCUT2D eigenvalue weighted by atomic mass is 16.3. The molecule has 0 fully saturated rings. The van der Waals surface area contributed by atoms with Gasteiger partial charge >= 0.3 is 0 Å². The maximum absolute atomic E-state index is 11.2. The van der Waals surface area contributed by atoms with Crippen molar-refractivity contribution in [2.75, 3.05) is 26.3 Å². The Balaban J connectivity index is 3.28. The summed E-state index contributed by atoms with van der Waals surface area (Å²) in [6, 6.07) is 4.39. The van der Waals surface area contributed by atoms with E-state index >= 15 is 0 Å². The highest BCUT2D eigenvalue weighted by Crippen LogP contribution is 2.42. The van der Waals surface area contributed by atoms with Gasteiger partial charge in [0.25, 0.3) is 0 Å². The van der Waals surface area contributed by atoms with Crippen molar-refractivity contribution >= 4 is 0 Å². The molecule has 0 aliphatic carbocycles. The quantitative estimate of drug-likeness (QED) is 0.375. The highest BCUT2D eigenvalue weighted by molar-refractivity contribution is 5.50. The topological polar surface area (TPSA) is 63.9 Å². The number of aliphatic hydroxyl groups excluding tert-OH is 2. The molecule has 0 aromatic heterocycles. The number of phenols is 1. The molecular formula is C25H45NO3. The number of hydrogen-bond acceptors (Lipinski definition) is 4. The zero-order valence-electron chi connectivity index (χ0n) is 19.7. The summed E-state index contributed by atoms with van der Waals surface area (Å²) < 4.78 is 0. The number of aromatic hydroxyl groups is 1. The van der Waals surface area contributed by atoms with Gasteiger partial charge in [-0.05, 0) is 68.0 Å². The fraction of sp³-hybridized carbons (Fsp3) is 0.760. The molecule has 0 atom stereocenters. The summed E-state index contributed by atoms with van der Waals surface area (Å²) in [6.07, 6.45) is 5.49. The number of aliphatic hydroxyl groups is 2. The van der Waals surface area contributed by atoms with E-state index in [-0.39, 0.29) is 24.0 Å². The van der Waals surface area contributed by atoms with E-state index in [0.717, 1.165) is 69.3 Å². The van der Waals surface area contributed by atoms with Crippen LogP contribution in [-0.2, 0) is 17.4 Å². The predicted molar refractivity (Wildman–Crippen MR) is 123 cm³/mol. The Hall–Kier alpha value is -1.10. The lowest BCUT2D eigenvalue weighted by molar-refractivity contribution is 0.220. The van der Waals surface area contributed by atoms with Crippen LogP contribution in [-0.4, -0.2) is 46.5 Å². The van der Waals surface area contributed by atoms with Gasteiger partial charge < -0.3 is 15.3 Å². The third-order valence-electron chi connectivity index (χ3n) is 6.57. The third kappa shape index (κ3) is 7.58. The minimum absolute atomic E-state index is 0.0860. The van der Waals surface area contributed by atoms with Gasteiger partial charge in [0.2, 0.25) is 0 Å². The smallest absolute Gasteiger partial charge is 0.123 e. The molecule has 0 saturated carbocycles. The second-order valence-corrected chi connectivity index (χ2v) is 9.65. The van der Waals surface area contributed by atoms with Crippen LogP contribution in [0.15, 0.2) is 12.1 Å². The molecule has 1 rings (SSSR count). The van der Waals surface area contributed by atoms with Gasteiger partial charge in [-0.3, -0.25) is 4.90 Å². The van der Waals surface area contributed by atoms with Crippen molar-refractivity contribution in [2.45, 2.75) is 97.4 Å². The largest absolute Gasteiger partial charge is 0.507 e. The average molecular weight is 408 g/mol. The van der Waals surface area contributed by atoms with Crippen molar-refractivity contribution in [3.05, 3.63) is 28.8 Å². The minimum Gasteiger partial charge on any atom is -0.507 e. The van der Waals surface area contributed by atoms with Crippen LogP contribution in [0.2, 0.25) is 0 Å². The second-order valence-electron chi connectivity index (χ2n) is 9.65. The van der Waals surface area contributed by atoms with Gasteiger partial charge in [0.15, 0.2) is 0 Å². The summed E-state index contributed by atoms with van der Waals surface area (Å²) in [4.78, 5) is 2.42. The molecule has 1 aromatic rings. The fourth-order valence-corrected chi connectivity index (χ4v) is 3.62. The number of hydrogen-bond donors (Lipinski definition) is 3. The standard InChI is InChI=1S/C25H45NO3/c1-7-24(3,4)21-17-20(18-22(23(21)29)25(5,6)8-2)19-26(13-9-11-15-27)14-10-12-16-28/h17-18,27-29H,7-16,19H2,1-6H3. The van der Waals surface area contributed by atoms with E-state index in [0.29, 0.717) is 5.75 Å². The molecular weight excluding hydrogens is 362 g/mol. The summed E-state index contributed by atoms with van der Waals surface area (Å²) in [5.41, 5.74) is 3.15. The number of rotatable bonds is 14. The van der Waals surface area contributed by atoms with Crippen molar-refractivity contribution in [2.24, 2.45) is 0 Å². The van der Waals surface area contributed by atoms with Crippen LogP contribution in [0, 0.1) is 0 Å². The molecule has 0 saturated heterocycles. The van der Waals surface area contributed by atoms with Crippen molar-refractivity contribution in [3.63, 3.8) is 0 Å². The molecule has 168 valence electrons. The Bertz CT molecular complexity index is 563. The number of nitrogens with zero attached hydrogens (tertiary/aromatic N) is 1. The van der Waals surface area contributed by atoms with Crippen LogP contribution in [0.25, 0.3) is 0 Å². The lowest BCUT2D eigenvalue weighted by atomic mass is 9.74. The first-order valence-electron chi connectivity index (χ1n) is 11.4. The monoisotopic (exact) mass is 407 g/mol. The van der Waals surface area contributed by atoms with E-state index < -0.39 is 0 Å². The number of benzene rings is 1. The van der Waals surface area contributed by atoms with Gasteiger partial charge in [0.1, 0.15) is 5.75 Å². The average Bonchev–Trinajstić information content (AvgIpc) is 2.69. The lowest BCUT2D eigenvalue weighted by Gasteiger charge is -2.32. The number of phenolic OH excluding ortho intramolecular Hbond substituents is 1. The van der Waals surface area contributed by atoms with E-state index in [1.54, 1.807) is 0 Å². The van der Waals surface area contributed by atoms with Crippen LogP contribution in [0.3, 0.4) is 0 Å². The molecule has 4 nitrogen and oxygen atoms in total. The van der Waals surface area contributed by atoms with Crippen molar-refractivity contribution < 1.29 is 15.3 Å². The minimum atomic E-state index is -0.0860. The Morgan fingerprint density at radius 2 is 1.17 bits per heavy atom. The van der Waals surface area contributed by atoms with Crippen molar-refractivity contribution in [1.82, 2.24) is 4.90 Å². The van der Waals surface area contributed by atoms with Crippen LogP contribution < -0.4 is 0 Å². The molecule has 0 aliphatic heterocycles. The van der Waals surface area contributed by atoms with Gasteiger partial charge in [-0.25, -0.2) is 0 Å². The molecule has 29 heavy (non-hydrogen) atoms. The second kappa shape index (κ2) is 11.9. The number of unbranched alkanes of at least 4 members (excludes halogenated alkanes) is 2. The van der Waals surface area contributed by atoms with E-state index in [4.69, 9.17) is 10.2 Å². The van der Waals surface area contributed by atoms with Crippen LogP contribution in [0.4, 0.5) is 0 Å². The zero-order valence-corrected chi connectivity index (χ0v) is 19.7. The van der Waals surface area contributed by atoms with Gasteiger partial charge in [-0.2, -0.15) is 0 Å². The summed E-state index contributed by atoms with van der Waals surface area (Å²) in [7, 11) is 0. The molecule has 0 amide bonds. The van der Waals surface area contributed by atoms with E-state index in [2.05, 4.69) is 58.6 Å². The normalized spacial score (nSPS) is 12.7. The maximum Gasteiger partial charge on any atom is 0.123 e. The molecule has 0 heterocycles. The van der Waals surface area contributed by atoms with Crippen molar-refractivity contribution in [1.29, 1.82) is 0 Å². The highest BCUT2D eigenvalue weighted by Gasteiger charge is 2.29. The summed E-state index contributed by atoms with van der Waals surface area (Å²) in [6.45, 7) is 16.3. The molecule has 3 N–H and O–H groups in total. The molecule has 1 aromatic carbocycles. The van der Waals surface area contributed by atoms with Crippen LogP contribution >= 0.6 is 0 Å². The van der Waals surface area contributed by atoms with Gasteiger partial charge in [-0.15, -0.1) is 0 Å². The fourth-order valence-electron chi connectivity index (χ4n) is 3.62. The molecule has 0 spiro atoms. The van der Waals surface area contributed by atoms with Gasteiger partial charge in [0.05, 0.1) is 0 Å². The Morgan fingerprint density at radius 3 is 1.52 bits per heavy atom. The van der Waals surface area contributed by atoms with Crippen LogP contribution in [0.1, 0.15) is 96.8 Å². The van der Waals surface area contributed by atoms with Crippen molar-refractivity contribution in [3.8, 4) is 5.75 Å². The zero-order chi connectivity index (χ0) is 22.1. The molecule has 4 heteroatoms. The van der Waals surface area contributed by atoms with E-state index in [1.807, 2.05) is 0 Å². The first-order valence-corrected chi connectivity index (χ1v) is 11.4. The Kier molecular flexibility index (Phi) is 10.7.